The zero-order valence-corrected chi connectivity index (χ0v) is 16.9. The molecule has 2 fully saturated rings. The van der Waals surface area contributed by atoms with Gasteiger partial charge in [-0.15, -0.1) is 0 Å². The quantitative estimate of drug-likeness (QED) is 0.835. The van der Waals surface area contributed by atoms with Crippen LogP contribution in [0.25, 0.3) is 10.8 Å². The number of benzene rings is 2. The molecule has 0 aromatic heterocycles. The Hall–Kier alpha value is -2.60. The van der Waals surface area contributed by atoms with Crippen LogP contribution in [-0.2, 0) is 4.79 Å². The topological polar surface area (TPSA) is 70.7 Å². The van der Waals surface area contributed by atoms with Gasteiger partial charge in [-0.2, -0.15) is 0 Å². The highest BCUT2D eigenvalue weighted by atomic mass is 16.5. The molecule has 2 amide bonds. The van der Waals surface area contributed by atoms with E-state index in [-0.39, 0.29) is 23.8 Å². The molecule has 154 valence electrons. The number of amides is 2. The molecule has 6 nitrogen and oxygen atoms in total. The maximum atomic E-state index is 13.3. The number of methoxy groups -OCH3 is 1. The largest absolute Gasteiger partial charge is 0.496 e. The zero-order valence-electron chi connectivity index (χ0n) is 16.9. The lowest BCUT2D eigenvalue weighted by atomic mass is 9.94. The number of hydrogen-bond donors (Lipinski definition) is 2. The van der Waals surface area contributed by atoms with Crippen molar-refractivity contribution in [3.05, 3.63) is 42.0 Å². The Morgan fingerprint density at radius 2 is 1.93 bits per heavy atom. The van der Waals surface area contributed by atoms with Gasteiger partial charge in [-0.05, 0) is 49.7 Å². The van der Waals surface area contributed by atoms with E-state index in [1.165, 1.54) is 0 Å². The molecule has 29 heavy (non-hydrogen) atoms. The number of rotatable bonds is 4. The Bertz CT molecular complexity index is 892. The number of carbonyl (C=O) groups excluding carboxylic acids is 2. The monoisotopic (exact) mass is 395 g/mol. The first-order valence-corrected chi connectivity index (χ1v) is 10.5. The highest BCUT2D eigenvalue weighted by molar-refractivity contribution is 6.08. The standard InChI is InChI=1S/C23H29N3O3/c1-29-21-11-10-20(18-8-2-3-9-19(18)21)23(28)26-13-5-6-16(15-26)22(27)25-17-7-4-12-24-14-17/h2-3,8-11,16-17,24H,4-7,12-15H2,1H3,(H,25,27)/t16?,17-/m0/s1. The maximum absolute atomic E-state index is 13.3. The van der Waals surface area contributed by atoms with Crippen LogP contribution in [0.3, 0.4) is 0 Å². The lowest BCUT2D eigenvalue weighted by Crippen LogP contribution is -2.51. The van der Waals surface area contributed by atoms with Crippen molar-refractivity contribution in [3.8, 4) is 5.75 Å². The summed E-state index contributed by atoms with van der Waals surface area (Å²) >= 11 is 0. The SMILES string of the molecule is COc1ccc(C(=O)N2CCCC(C(=O)N[C@H]3CCCNC3)C2)c2ccccc12. The van der Waals surface area contributed by atoms with Crippen molar-refractivity contribution in [2.24, 2.45) is 5.92 Å². The van der Waals surface area contributed by atoms with Crippen molar-refractivity contribution in [2.75, 3.05) is 33.3 Å². The molecular weight excluding hydrogens is 366 g/mol. The molecule has 2 aliphatic heterocycles. The molecule has 0 radical (unpaired) electrons. The fraction of sp³-hybridized carbons (Fsp3) is 0.478. The minimum atomic E-state index is -0.140. The van der Waals surface area contributed by atoms with E-state index in [4.69, 9.17) is 4.74 Å². The van der Waals surface area contributed by atoms with Gasteiger partial charge in [-0.25, -0.2) is 0 Å². The smallest absolute Gasteiger partial charge is 0.254 e. The van der Waals surface area contributed by atoms with E-state index in [0.717, 1.165) is 55.3 Å². The number of likely N-dealkylation sites (tertiary alicyclic amines) is 1. The summed E-state index contributed by atoms with van der Waals surface area (Å²) in [7, 11) is 1.64. The van der Waals surface area contributed by atoms with Gasteiger partial charge in [0.25, 0.3) is 5.91 Å². The molecule has 4 rings (SSSR count). The van der Waals surface area contributed by atoms with Crippen LogP contribution in [0.2, 0.25) is 0 Å². The van der Waals surface area contributed by atoms with Crippen molar-refractivity contribution in [2.45, 2.75) is 31.7 Å². The summed E-state index contributed by atoms with van der Waals surface area (Å²) in [5, 5.41) is 8.32. The minimum Gasteiger partial charge on any atom is -0.496 e. The van der Waals surface area contributed by atoms with Gasteiger partial charge in [0.05, 0.1) is 13.0 Å². The molecule has 0 spiro atoms. The number of carbonyl (C=O) groups is 2. The number of nitrogens with zero attached hydrogens (tertiary/aromatic N) is 1. The van der Waals surface area contributed by atoms with Gasteiger partial charge in [0, 0.05) is 36.6 Å². The molecule has 2 aromatic rings. The molecule has 1 unspecified atom stereocenters. The molecule has 6 heteroatoms. The van der Waals surface area contributed by atoms with Crippen LogP contribution >= 0.6 is 0 Å². The van der Waals surface area contributed by atoms with Gasteiger partial charge < -0.3 is 20.3 Å². The highest BCUT2D eigenvalue weighted by Gasteiger charge is 2.30. The first-order chi connectivity index (χ1) is 14.2. The van der Waals surface area contributed by atoms with Gasteiger partial charge in [0.2, 0.25) is 5.91 Å². The lowest BCUT2D eigenvalue weighted by molar-refractivity contribution is -0.127. The predicted octanol–water partition coefficient (Wildman–Crippen LogP) is 2.57. The number of piperidine rings is 2. The third kappa shape index (κ3) is 4.22. The number of hydrogen-bond acceptors (Lipinski definition) is 4. The van der Waals surface area contributed by atoms with E-state index < -0.39 is 0 Å². The van der Waals surface area contributed by atoms with Gasteiger partial charge in [-0.3, -0.25) is 9.59 Å². The second-order valence-corrected chi connectivity index (χ2v) is 8.00. The Kier molecular flexibility index (Phi) is 6.00. The molecular formula is C23H29N3O3. The fourth-order valence-electron chi connectivity index (χ4n) is 4.48. The van der Waals surface area contributed by atoms with Crippen LogP contribution in [0.1, 0.15) is 36.0 Å². The average molecular weight is 396 g/mol. The van der Waals surface area contributed by atoms with Crippen LogP contribution in [0.5, 0.6) is 5.75 Å². The van der Waals surface area contributed by atoms with Crippen molar-refractivity contribution in [1.29, 1.82) is 0 Å². The normalized spacial score (nSPS) is 22.3. The summed E-state index contributed by atoms with van der Waals surface area (Å²) in [6.45, 7) is 3.02. The number of fused-ring (bicyclic) bond motifs is 1. The second kappa shape index (κ2) is 8.82. The van der Waals surface area contributed by atoms with E-state index in [1.54, 1.807) is 7.11 Å². The minimum absolute atomic E-state index is 0.0133. The van der Waals surface area contributed by atoms with Gasteiger partial charge in [0.1, 0.15) is 5.75 Å². The summed E-state index contributed by atoms with van der Waals surface area (Å²) in [5.41, 5.74) is 0.666. The molecule has 2 aliphatic rings. The molecule has 2 aromatic carbocycles. The maximum Gasteiger partial charge on any atom is 0.254 e. The van der Waals surface area contributed by atoms with Gasteiger partial charge in [0.15, 0.2) is 0 Å². The van der Waals surface area contributed by atoms with Crippen LogP contribution in [-0.4, -0.2) is 56.0 Å². The lowest BCUT2D eigenvalue weighted by Gasteiger charge is -2.34. The third-order valence-corrected chi connectivity index (χ3v) is 6.06. The van der Waals surface area contributed by atoms with Gasteiger partial charge in [-0.1, -0.05) is 24.3 Å². The number of nitrogens with one attached hydrogen (secondary N) is 2. The van der Waals surface area contributed by atoms with Crippen molar-refractivity contribution in [3.63, 3.8) is 0 Å². The predicted molar refractivity (Wildman–Crippen MR) is 113 cm³/mol. The molecule has 2 atom stereocenters. The van der Waals surface area contributed by atoms with E-state index in [0.29, 0.717) is 18.7 Å². The van der Waals surface area contributed by atoms with E-state index in [9.17, 15) is 9.59 Å². The van der Waals surface area contributed by atoms with Gasteiger partial charge >= 0.3 is 0 Å². The molecule has 0 saturated carbocycles. The Labute approximate surface area is 171 Å². The summed E-state index contributed by atoms with van der Waals surface area (Å²) < 4.78 is 5.45. The first kappa shape index (κ1) is 19.7. The van der Waals surface area contributed by atoms with E-state index in [2.05, 4.69) is 10.6 Å². The van der Waals surface area contributed by atoms with Crippen LogP contribution in [0.15, 0.2) is 36.4 Å². The fourth-order valence-corrected chi connectivity index (χ4v) is 4.48. The Morgan fingerprint density at radius 3 is 2.69 bits per heavy atom. The molecule has 2 heterocycles. The van der Waals surface area contributed by atoms with E-state index in [1.807, 2.05) is 41.3 Å². The van der Waals surface area contributed by atoms with Crippen molar-refractivity contribution in [1.82, 2.24) is 15.5 Å². The summed E-state index contributed by atoms with van der Waals surface area (Å²) in [6.07, 6.45) is 3.79. The van der Waals surface area contributed by atoms with E-state index >= 15 is 0 Å². The summed E-state index contributed by atoms with van der Waals surface area (Å²) in [5.74, 6) is 0.685. The number of ether oxygens (including phenoxy) is 1. The average Bonchev–Trinajstić information content (AvgIpc) is 2.78. The van der Waals surface area contributed by atoms with Crippen LogP contribution in [0, 0.1) is 5.92 Å². The second-order valence-electron chi connectivity index (χ2n) is 8.00. The van der Waals surface area contributed by atoms with Crippen molar-refractivity contribution < 1.29 is 14.3 Å². The Balaban J connectivity index is 1.49. The van der Waals surface area contributed by atoms with Crippen molar-refractivity contribution >= 4 is 22.6 Å². The molecule has 0 bridgehead atoms. The molecule has 0 aliphatic carbocycles. The third-order valence-electron chi connectivity index (χ3n) is 6.06. The first-order valence-electron chi connectivity index (χ1n) is 10.5. The zero-order chi connectivity index (χ0) is 20.2. The van der Waals surface area contributed by atoms with Crippen LogP contribution < -0.4 is 15.4 Å². The molecule has 2 N–H and O–H groups in total. The summed E-state index contributed by atoms with van der Waals surface area (Å²) in [4.78, 5) is 27.9. The molecule has 2 saturated heterocycles. The highest BCUT2D eigenvalue weighted by Crippen LogP contribution is 2.30. The Morgan fingerprint density at radius 1 is 1.10 bits per heavy atom. The van der Waals surface area contributed by atoms with Crippen LogP contribution in [0.4, 0.5) is 0 Å². The summed E-state index contributed by atoms with van der Waals surface area (Å²) in [6, 6.07) is 11.7.